The van der Waals surface area contributed by atoms with Gasteiger partial charge in [0.05, 0.1) is 0 Å². The van der Waals surface area contributed by atoms with Gasteiger partial charge in [0.2, 0.25) is 0 Å². The van der Waals surface area contributed by atoms with E-state index in [1.54, 1.807) is 0 Å². The summed E-state index contributed by atoms with van der Waals surface area (Å²) in [7, 11) is 2.32. The molecule has 106 valence electrons. The summed E-state index contributed by atoms with van der Waals surface area (Å²) < 4.78 is 0. The van der Waals surface area contributed by atoms with Crippen LogP contribution in [0.15, 0.2) is 0 Å². The molecular formula is C16H32N2. The first kappa shape index (κ1) is 14.3. The van der Waals surface area contributed by atoms with Crippen LogP contribution in [0, 0.1) is 0 Å². The summed E-state index contributed by atoms with van der Waals surface area (Å²) in [5, 5.41) is 3.79. The third-order valence-electron chi connectivity index (χ3n) is 4.95. The lowest BCUT2D eigenvalue weighted by molar-refractivity contribution is 0.190. The molecule has 2 nitrogen and oxygen atoms in total. The molecule has 0 aromatic rings. The van der Waals surface area contributed by atoms with E-state index in [9.17, 15) is 0 Å². The van der Waals surface area contributed by atoms with E-state index < -0.39 is 0 Å². The van der Waals surface area contributed by atoms with Gasteiger partial charge in [0.15, 0.2) is 0 Å². The minimum absolute atomic E-state index is 0.812. The fourth-order valence-electron chi connectivity index (χ4n) is 3.63. The molecule has 1 N–H and O–H groups in total. The summed E-state index contributed by atoms with van der Waals surface area (Å²) in [6.07, 6.45) is 15.8. The Morgan fingerprint density at radius 1 is 0.833 bits per heavy atom. The van der Waals surface area contributed by atoms with Crippen molar-refractivity contribution < 1.29 is 0 Å². The predicted octanol–water partition coefficient (Wildman–Crippen LogP) is 3.56. The SMILES string of the molecule is CN(CCNC1CCCCCC1)C1CCCCC1. The second kappa shape index (κ2) is 8.16. The molecule has 0 saturated heterocycles. The highest BCUT2D eigenvalue weighted by molar-refractivity contribution is 4.75. The molecule has 0 amide bonds. The summed E-state index contributed by atoms with van der Waals surface area (Å²) in [5.41, 5.74) is 0. The van der Waals surface area contributed by atoms with Crippen molar-refractivity contribution in [3.05, 3.63) is 0 Å². The first-order chi connectivity index (χ1) is 8.86. The van der Waals surface area contributed by atoms with Crippen molar-refractivity contribution in [2.24, 2.45) is 0 Å². The van der Waals surface area contributed by atoms with Gasteiger partial charge in [0, 0.05) is 25.2 Å². The lowest BCUT2D eigenvalue weighted by Crippen LogP contribution is -2.40. The number of hydrogen-bond acceptors (Lipinski definition) is 2. The fraction of sp³-hybridized carbons (Fsp3) is 1.00. The molecule has 0 atom stereocenters. The van der Waals surface area contributed by atoms with E-state index in [0.717, 1.165) is 12.1 Å². The van der Waals surface area contributed by atoms with Crippen LogP contribution in [0.1, 0.15) is 70.6 Å². The third-order valence-corrected chi connectivity index (χ3v) is 4.95. The zero-order valence-corrected chi connectivity index (χ0v) is 12.3. The van der Waals surface area contributed by atoms with Gasteiger partial charge < -0.3 is 10.2 Å². The number of likely N-dealkylation sites (N-methyl/N-ethyl adjacent to an activating group) is 1. The summed E-state index contributed by atoms with van der Waals surface area (Å²) in [6.45, 7) is 2.43. The van der Waals surface area contributed by atoms with E-state index in [4.69, 9.17) is 0 Å². The second-order valence-electron chi connectivity index (χ2n) is 6.42. The van der Waals surface area contributed by atoms with Crippen molar-refractivity contribution in [1.29, 1.82) is 0 Å². The molecule has 0 bridgehead atoms. The van der Waals surface area contributed by atoms with Gasteiger partial charge in [-0.1, -0.05) is 44.9 Å². The first-order valence-electron chi connectivity index (χ1n) is 8.30. The lowest BCUT2D eigenvalue weighted by atomic mass is 9.94. The number of hydrogen-bond donors (Lipinski definition) is 1. The average molecular weight is 252 g/mol. The maximum absolute atomic E-state index is 3.79. The minimum Gasteiger partial charge on any atom is -0.313 e. The zero-order chi connectivity index (χ0) is 12.6. The molecule has 18 heavy (non-hydrogen) atoms. The van der Waals surface area contributed by atoms with Gasteiger partial charge in [-0.15, -0.1) is 0 Å². The van der Waals surface area contributed by atoms with Gasteiger partial charge >= 0.3 is 0 Å². The highest BCUT2D eigenvalue weighted by atomic mass is 15.1. The molecule has 0 aliphatic heterocycles. The van der Waals surface area contributed by atoms with Gasteiger partial charge in [0.1, 0.15) is 0 Å². The monoisotopic (exact) mass is 252 g/mol. The van der Waals surface area contributed by atoms with Crippen molar-refractivity contribution in [3.63, 3.8) is 0 Å². The molecule has 2 rings (SSSR count). The van der Waals surface area contributed by atoms with Crippen molar-refractivity contribution in [1.82, 2.24) is 10.2 Å². The zero-order valence-electron chi connectivity index (χ0n) is 12.3. The van der Waals surface area contributed by atoms with Crippen LogP contribution < -0.4 is 5.32 Å². The molecule has 0 unspecified atom stereocenters. The predicted molar refractivity (Wildman–Crippen MR) is 79.0 cm³/mol. The maximum Gasteiger partial charge on any atom is 0.0107 e. The molecular weight excluding hydrogens is 220 g/mol. The standard InChI is InChI=1S/C16H32N2/c1-18(16-11-7-4-8-12-16)14-13-17-15-9-5-2-3-6-10-15/h15-17H,2-14H2,1H3. The maximum atomic E-state index is 3.79. The molecule has 0 aromatic heterocycles. The van der Waals surface area contributed by atoms with Crippen LogP contribution in [-0.4, -0.2) is 37.1 Å². The summed E-state index contributed by atoms with van der Waals surface area (Å²) in [5.74, 6) is 0. The Hall–Kier alpha value is -0.0800. The largest absolute Gasteiger partial charge is 0.313 e. The van der Waals surface area contributed by atoms with Crippen LogP contribution in [0.3, 0.4) is 0 Å². The van der Waals surface area contributed by atoms with Crippen LogP contribution in [0.25, 0.3) is 0 Å². The van der Waals surface area contributed by atoms with Gasteiger partial charge in [0.25, 0.3) is 0 Å². The summed E-state index contributed by atoms with van der Waals surface area (Å²) >= 11 is 0. The molecule has 0 spiro atoms. The molecule has 0 aromatic carbocycles. The number of rotatable bonds is 5. The van der Waals surface area contributed by atoms with E-state index >= 15 is 0 Å². The van der Waals surface area contributed by atoms with Crippen molar-refractivity contribution >= 4 is 0 Å². The Labute approximate surface area is 114 Å². The van der Waals surface area contributed by atoms with Crippen LogP contribution in [-0.2, 0) is 0 Å². The molecule has 2 fully saturated rings. The highest BCUT2D eigenvalue weighted by Crippen LogP contribution is 2.21. The van der Waals surface area contributed by atoms with Crippen LogP contribution in [0.5, 0.6) is 0 Å². The van der Waals surface area contributed by atoms with Crippen molar-refractivity contribution in [2.45, 2.75) is 82.7 Å². The van der Waals surface area contributed by atoms with Gasteiger partial charge in [-0.25, -0.2) is 0 Å². The Morgan fingerprint density at radius 2 is 1.39 bits per heavy atom. The van der Waals surface area contributed by atoms with Gasteiger partial charge in [-0.3, -0.25) is 0 Å². The minimum atomic E-state index is 0.812. The quantitative estimate of drug-likeness (QED) is 0.753. The number of nitrogens with zero attached hydrogens (tertiary/aromatic N) is 1. The van der Waals surface area contributed by atoms with Crippen LogP contribution in [0.2, 0.25) is 0 Å². The summed E-state index contributed by atoms with van der Waals surface area (Å²) in [4.78, 5) is 2.60. The Kier molecular flexibility index (Phi) is 6.50. The molecule has 2 aliphatic carbocycles. The second-order valence-corrected chi connectivity index (χ2v) is 6.42. The van der Waals surface area contributed by atoms with E-state index in [-0.39, 0.29) is 0 Å². The lowest BCUT2D eigenvalue weighted by Gasteiger charge is -2.31. The fourth-order valence-corrected chi connectivity index (χ4v) is 3.63. The number of nitrogens with one attached hydrogen (secondary N) is 1. The Balaban J connectivity index is 1.58. The average Bonchev–Trinajstić information content (AvgIpc) is 2.68. The molecule has 2 aliphatic rings. The van der Waals surface area contributed by atoms with Gasteiger partial charge in [-0.05, 0) is 32.7 Å². The molecule has 2 heteroatoms. The Bertz CT molecular complexity index is 203. The summed E-state index contributed by atoms with van der Waals surface area (Å²) in [6, 6.07) is 1.68. The van der Waals surface area contributed by atoms with Crippen LogP contribution >= 0.6 is 0 Å². The first-order valence-corrected chi connectivity index (χ1v) is 8.30. The topological polar surface area (TPSA) is 15.3 Å². The van der Waals surface area contributed by atoms with Gasteiger partial charge in [-0.2, -0.15) is 0 Å². The van der Waals surface area contributed by atoms with E-state index in [0.29, 0.717) is 0 Å². The van der Waals surface area contributed by atoms with E-state index in [1.807, 2.05) is 0 Å². The van der Waals surface area contributed by atoms with Crippen LogP contribution in [0.4, 0.5) is 0 Å². The highest BCUT2D eigenvalue weighted by Gasteiger charge is 2.18. The molecule has 2 saturated carbocycles. The van der Waals surface area contributed by atoms with E-state index in [2.05, 4.69) is 17.3 Å². The molecule has 0 heterocycles. The third kappa shape index (κ3) is 4.89. The molecule has 0 radical (unpaired) electrons. The normalized spacial score (nSPS) is 24.3. The van der Waals surface area contributed by atoms with Crippen molar-refractivity contribution in [3.8, 4) is 0 Å². The Morgan fingerprint density at radius 3 is 2.06 bits per heavy atom. The smallest absolute Gasteiger partial charge is 0.0107 e. The van der Waals surface area contributed by atoms with Crippen molar-refractivity contribution in [2.75, 3.05) is 20.1 Å². The van der Waals surface area contributed by atoms with E-state index in [1.165, 1.54) is 83.7 Å².